The molecule has 2 aromatic carbocycles. The summed E-state index contributed by atoms with van der Waals surface area (Å²) >= 11 is 1.64. The van der Waals surface area contributed by atoms with E-state index in [1.54, 1.807) is 18.9 Å². The average molecular weight is 343 g/mol. The second kappa shape index (κ2) is 9.38. The Hall–Kier alpha value is -1.94. The summed E-state index contributed by atoms with van der Waals surface area (Å²) in [6.07, 6.45) is 0.862. The van der Waals surface area contributed by atoms with Gasteiger partial charge in [0, 0.05) is 5.75 Å². The van der Waals surface area contributed by atoms with Gasteiger partial charge in [-0.1, -0.05) is 48.9 Å². The van der Waals surface area contributed by atoms with Gasteiger partial charge < -0.3 is 10.1 Å². The Morgan fingerprint density at radius 3 is 2.38 bits per heavy atom. The van der Waals surface area contributed by atoms with E-state index in [2.05, 4.69) is 43.4 Å². The van der Waals surface area contributed by atoms with E-state index in [1.807, 2.05) is 24.3 Å². The number of aryl methyl sites for hydroxylation is 1. The molecule has 1 N–H and O–H groups in total. The number of hydrogen-bond donors (Lipinski definition) is 1. The van der Waals surface area contributed by atoms with E-state index in [9.17, 15) is 4.79 Å². The zero-order chi connectivity index (χ0) is 17.4. The number of rotatable bonds is 8. The van der Waals surface area contributed by atoms with E-state index < -0.39 is 0 Å². The summed E-state index contributed by atoms with van der Waals surface area (Å²) in [7, 11) is 1.65. The van der Waals surface area contributed by atoms with Gasteiger partial charge in [0.1, 0.15) is 5.75 Å². The smallest absolute Gasteiger partial charge is 0.230 e. The zero-order valence-corrected chi connectivity index (χ0v) is 15.4. The fourth-order valence-electron chi connectivity index (χ4n) is 2.44. The van der Waals surface area contributed by atoms with E-state index in [0.29, 0.717) is 5.75 Å². The number of carbonyl (C=O) groups excluding carboxylic acids is 1. The first-order valence-corrected chi connectivity index (χ1v) is 9.34. The van der Waals surface area contributed by atoms with Gasteiger partial charge in [-0.3, -0.25) is 4.79 Å². The van der Waals surface area contributed by atoms with Crippen LogP contribution in [-0.4, -0.2) is 18.8 Å². The molecular formula is C20H25NO2S. The lowest BCUT2D eigenvalue weighted by Gasteiger charge is -2.17. The minimum absolute atomic E-state index is 0.0448. The fraction of sp³-hybridized carbons (Fsp3) is 0.350. The molecule has 2 aromatic rings. The van der Waals surface area contributed by atoms with Crippen LogP contribution in [0.1, 0.15) is 36.1 Å². The lowest BCUT2D eigenvalue weighted by atomic mass is 10.0. The summed E-state index contributed by atoms with van der Waals surface area (Å²) in [5.74, 6) is 2.23. The van der Waals surface area contributed by atoms with Gasteiger partial charge in [0.2, 0.25) is 5.91 Å². The predicted molar refractivity (Wildman–Crippen MR) is 102 cm³/mol. The Morgan fingerprint density at radius 1 is 1.12 bits per heavy atom. The molecule has 0 aliphatic rings. The van der Waals surface area contributed by atoms with Crippen LogP contribution in [0.3, 0.4) is 0 Å². The molecule has 0 spiro atoms. The van der Waals surface area contributed by atoms with E-state index in [4.69, 9.17) is 4.74 Å². The van der Waals surface area contributed by atoms with Crippen molar-refractivity contribution in [2.45, 2.75) is 32.1 Å². The number of nitrogens with one attached hydrogen (secondary N) is 1. The lowest BCUT2D eigenvalue weighted by molar-refractivity contribution is -0.119. The van der Waals surface area contributed by atoms with Crippen molar-refractivity contribution < 1.29 is 9.53 Å². The Morgan fingerprint density at radius 2 is 1.79 bits per heavy atom. The molecule has 0 bridgehead atoms. The molecule has 3 nitrogen and oxygen atoms in total. The highest BCUT2D eigenvalue weighted by atomic mass is 32.2. The Labute approximate surface area is 148 Å². The molecule has 0 unspecified atom stereocenters. The highest BCUT2D eigenvalue weighted by Crippen LogP contribution is 2.20. The quantitative estimate of drug-likeness (QED) is 0.767. The van der Waals surface area contributed by atoms with Crippen LogP contribution in [0.4, 0.5) is 0 Å². The van der Waals surface area contributed by atoms with Crippen LogP contribution in [0, 0.1) is 6.92 Å². The zero-order valence-electron chi connectivity index (χ0n) is 14.5. The van der Waals surface area contributed by atoms with Crippen molar-refractivity contribution in [3.05, 3.63) is 65.2 Å². The van der Waals surface area contributed by atoms with E-state index in [0.717, 1.165) is 23.5 Å². The summed E-state index contributed by atoms with van der Waals surface area (Å²) in [4.78, 5) is 12.2. The van der Waals surface area contributed by atoms with Crippen molar-refractivity contribution in [2.75, 3.05) is 12.9 Å². The van der Waals surface area contributed by atoms with Gasteiger partial charge in [-0.2, -0.15) is 0 Å². The number of ether oxygens (including phenoxy) is 1. The number of carbonyl (C=O) groups is 1. The number of hydrogen-bond acceptors (Lipinski definition) is 3. The van der Waals surface area contributed by atoms with Gasteiger partial charge in [0.15, 0.2) is 0 Å². The van der Waals surface area contributed by atoms with Crippen LogP contribution in [0.25, 0.3) is 0 Å². The van der Waals surface area contributed by atoms with Crippen molar-refractivity contribution >= 4 is 17.7 Å². The first kappa shape index (κ1) is 18.4. The number of methoxy groups -OCH3 is 1. The maximum absolute atomic E-state index is 12.2. The van der Waals surface area contributed by atoms with Gasteiger partial charge in [-0.05, 0) is 36.6 Å². The largest absolute Gasteiger partial charge is 0.497 e. The topological polar surface area (TPSA) is 38.3 Å². The van der Waals surface area contributed by atoms with Crippen molar-refractivity contribution in [1.29, 1.82) is 0 Å². The SMILES string of the molecule is CC[C@@H](NC(=O)CSCc1ccc(C)cc1)c1ccc(OC)cc1. The van der Waals surface area contributed by atoms with Crippen LogP contribution in [-0.2, 0) is 10.5 Å². The van der Waals surface area contributed by atoms with Gasteiger partial charge in [0.05, 0.1) is 18.9 Å². The molecule has 0 saturated heterocycles. The highest BCUT2D eigenvalue weighted by Gasteiger charge is 2.12. The van der Waals surface area contributed by atoms with E-state index in [-0.39, 0.29) is 11.9 Å². The first-order chi connectivity index (χ1) is 11.6. The summed E-state index contributed by atoms with van der Waals surface area (Å²) in [5.41, 5.74) is 3.61. The van der Waals surface area contributed by atoms with Crippen LogP contribution in [0.15, 0.2) is 48.5 Å². The lowest BCUT2D eigenvalue weighted by Crippen LogP contribution is -2.29. The number of amides is 1. The number of thioether (sulfide) groups is 1. The molecule has 0 aliphatic heterocycles. The van der Waals surface area contributed by atoms with Crippen molar-refractivity contribution in [2.24, 2.45) is 0 Å². The van der Waals surface area contributed by atoms with Crippen molar-refractivity contribution in [1.82, 2.24) is 5.32 Å². The third-order valence-corrected chi connectivity index (χ3v) is 4.89. The van der Waals surface area contributed by atoms with Crippen molar-refractivity contribution in [3.8, 4) is 5.75 Å². The molecule has 128 valence electrons. The third kappa shape index (κ3) is 5.60. The third-order valence-electron chi connectivity index (χ3n) is 3.88. The first-order valence-electron chi connectivity index (χ1n) is 8.19. The molecule has 0 saturated carbocycles. The van der Waals surface area contributed by atoms with E-state index in [1.165, 1.54) is 11.1 Å². The minimum Gasteiger partial charge on any atom is -0.497 e. The van der Waals surface area contributed by atoms with Gasteiger partial charge in [-0.25, -0.2) is 0 Å². The Kier molecular flexibility index (Phi) is 7.19. The normalized spacial score (nSPS) is 11.8. The van der Waals surface area contributed by atoms with Gasteiger partial charge >= 0.3 is 0 Å². The summed E-state index contributed by atoms with van der Waals surface area (Å²) < 4.78 is 5.18. The standard InChI is InChI=1S/C20H25NO2S/c1-4-19(17-9-11-18(23-3)12-10-17)21-20(22)14-24-13-16-7-5-15(2)6-8-16/h5-12,19H,4,13-14H2,1-3H3,(H,21,22)/t19-/m1/s1. The molecule has 0 heterocycles. The molecular weight excluding hydrogens is 318 g/mol. The molecule has 0 aliphatic carbocycles. The molecule has 2 rings (SSSR count). The summed E-state index contributed by atoms with van der Waals surface area (Å²) in [5, 5.41) is 3.12. The molecule has 0 fully saturated rings. The van der Waals surface area contributed by atoms with Crippen LogP contribution >= 0.6 is 11.8 Å². The molecule has 1 atom stereocenters. The molecule has 1 amide bonds. The number of benzene rings is 2. The molecule has 0 radical (unpaired) electrons. The van der Waals surface area contributed by atoms with Gasteiger partial charge in [-0.15, -0.1) is 11.8 Å². The Balaban J connectivity index is 1.81. The average Bonchev–Trinajstić information content (AvgIpc) is 2.61. The second-order valence-corrected chi connectivity index (χ2v) is 6.77. The molecule has 0 aromatic heterocycles. The predicted octanol–water partition coefficient (Wildman–Crippen LogP) is 4.50. The van der Waals surface area contributed by atoms with Crippen molar-refractivity contribution in [3.63, 3.8) is 0 Å². The highest BCUT2D eigenvalue weighted by molar-refractivity contribution is 7.99. The second-order valence-electron chi connectivity index (χ2n) is 5.78. The monoisotopic (exact) mass is 343 g/mol. The van der Waals surface area contributed by atoms with Crippen LogP contribution < -0.4 is 10.1 Å². The maximum atomic E-state index is 12.2. The fourth-order valence-corrected chi connectivity index (χ4v) is 3.24. The van der Waals surface area contributed by atoms with Crippen LogP contribution in [0.5, 0.6) is 5.75 Å². The molecule has 4 heteroatoms. The van der Waals surface area contributed by atoms with E-state index >= 15 is 0 Å². The summed E-state index contributed by atoms with van der Waals surface area (Å²) in [6.45, 7) is 4.16. The Bertz CT molecular complexity index is 638. The minimum atomic E-state index is 0.0448. The van der Waals surface area contributed by atoms with Crippen LogP contribution in [0.2, 0.25) is 0 Å². The van der Waals surface area contributed by atoms with Gasteiger partial charge in [0.25, 0.3) is 0 Å². The summed E-state index contributed by atoms with van der Waals surface area (Å²) in [6, 6.07) is 16.4. The maximum Gasteiger partial charge on any atom is 0.230 e. The molecule has 24 heavy (non-hydrogen) atoms.